The summed E-state index contributed by atoms with van der Waals surface area (Å²) < 4.78 is 0. The van der Waals surface area contributed by atoms with Crippen LogP contribution in [-0.4, -0.2) is 31.8 Å². The maximum atomic E-state index is 13.1. The van der Waals surface area contributed by atoms with E-state index in [1.165, 1.54) is 12.1 Å². The molecule has 2 heterocycles. The van der Waals surface area contributed by atoms with Gasteiger partial charge in [0.25, 0.3) is 0 Å². The van der Waals surface area contributed by atoms with Crippen LogP contribution < -0.4 is 0 Å². The summed E-state index contributed by atoms with van der Waals surface area (Å²) >= 11 is 0. The summed E-state index contributed by atoms with van der Waals surface area (Å²) in [5.74, 6) is -1.07. The van der Waals surface area contributed by atoms with E-state index in [4.69, 9.17) is 5.11 Å². The first-order valence-corrected chi connectivity index (χ1v) is 9.62. The molecule has 0 unspecified atom stereocenters. The van der Waals surface area contributed by atoms with Gasteiger partial charge in [-0.1, -0.05) is 0 Å². The Balaban J connectivity index is 1.86. The largest absolute Gasteiger partial charge is 0.506 e. The minimum atomic E-state index is -1.02. The van der Waals surface area contributed by atoms with Crippen molar-refractivity contribution in [2.45, 2.75) is 45.2 Å². The number of carboxylic acids is 1. The van der Waals surface area contributed by atoms with E-state index >= 15 is 0 Å². The number of nitrogens with one attached hydrogen (secondary N) is 1. The van der Waals surface area contributed by atoms with Crippen molar-refractivity contribution in [2.24, 2.45) is 10.2 Å². The first kappa shape index (κ1) is 20.1. The number of carbonyl (C=O) groups is 1. The summed E-state index contributed by atoms with van der Waals surface area (Å²) in [5, 5.41) is 42.8. The van der Waals surface area contributed by atoms with Gasteiger partial charge in [-0.25, -0.2) is 4.79 Å². The van der Waals surface area contributed by atoms with Gasteiger partial charge in [-0.2, -0.15) is 5.11 Å². The molecule has 0 saturated carbocycles. The SMILES string of the molecule is CC1(C)Cc2[nH]c3ccc(O)c(N=Nc4ccc(C(=O)O)cc4)c3c2C(C)(C)N1[O]. The number of carboxylic acid groups (broad SMARTS) is 1. The van der Waals surface area contributed by atoms with Crippen molar-refractivity contribution < 1.29 is 20.2 Å². The van der Waals surface area contributed by atoms with Gasteiger partial charge in [-0.15, -0.1) is 15.4 Å². The standard InChI is InChI=1S/C22H23N4O4/c1-21(2)11-15-18(22(3,4)26(21)30)17-14(23-15)9-10-16(27)19(17)25-24-13-7-5-12(6-8-13)20(28)29/h5-10,23,27H,11H2,1-4H3,(H,28,29). The summed E-state index contributed by atoms with van der Waals surface area (Å²) in [4.78, 5) is 14.4. The van der Waals surface area contributed by atoms with Crippen LogP contribution in [0.2, 0.25) is 0 Å². The maximum Gasteiger partial charge on any atom is 0.335 e. The lowest BCUT2D eigenvalue weighted by Crippen LogP contribution is -2.55. The molecule has 30 heavy (non-hydrogen) atoms. The molecular weight excluding hydrogens is 384 g/mol. The Labute approximate surface area is 173 Å². The van der Waals surface area contributed by atoms with Gasteiger partial charge in [0.2, 0.25) is 0 Å². The van der Waals surface area contributed by atoms with Gasteiger partial charge in [0.05, 0.1) is 22.3 Å². The summed E-state index contributed by atoms with van der Waals surface area (Å²) in [6.07, 6.45) is 0.540. The van der Waals surface area contributed by atoms with Crippen LogP contribution in [0.15, 0.2) is 46.6 Å². The van der Waals surface area contributed by atoms with Crippen LogP contribution in [0.5, 0.6) is 5.75 Å². The number of H-pyrrole nitrogens is 1. The van der Waals surface area contributed by atoms with Crippen LogP contribution in [0.4, 0.5) is 11.4 Å². The number of hydrogen-bond donors (Lipinski definition) is 3. The van der Waals surface area contributed by atoms with E-state index in [9.17, 15) is 15.1 Å². The Morgan fingerprint density at radius 2 is 1.73 bits per heavy atom. The lowest BCUT2D eigenvalue weighted by molar-refractivity contribution is -0.280. The first-order chi connectivity index (χ1) is 14.0. The fourth-order valence-electron chi connectivity index (χ4n) is 4.36. The Morgan fingerprint density at radius 3 is 2.37 bits per heavy atom. The molecule has 8 nitrogen and oxygen atoms in total. The molecule has 1 aromatic heterocycles. The van der Waals surface area contributed by atoms with Gasteiger partial charge in [-0.05, 0) is 64.1 Å². The Hall–Kier alpha value is -3.23. The molecule has 4 rings (SSSR count). The van der Waals surface area contributed by atoms with Crippen LogP contribution in [0, 0.1) is 0 Å². The van der Waals surface area contributed by atoms with Crippen LogP contribution in [0.25, 0.3) is 10.9 Å². The van der Waals surface area contributed by atoms with E-state index in [0.29, 0.717) is 17.5 Å². The monoisotopic (exact) mass is 407 g/mol. The number of benzene rings is 2. The fraction of sp³-hybridized carbons (Fsp3) is 0.318. The van der Waals surface area contributed by atoms with Gasteiger partial charge in [0.1, 0.15) is 11.4 Å². The van der Waals surface area contributed by atoms with Gasteiger partial charge in [0.15, 0.2) is 0 Å². The number of hydroxylamine groups is 2. The molecule has 0 fully saturated rings. The molecule has 1 radical (unpaired) electrons. The van der Waals surface area contributed by atoms with E-state index in [1.807, 2.05) is 27.7 Å². The fourth-order valence-corrected chi connectivity index (χ4v) is 4.36. The molecule has 8 heteroatoms. The summed E-state index contributed by atoms with van der Waals surface area (Å²) in [7, 11) is 0. The number of phenolic OH excluding ortho intramolecular Hbond substituents is 1. The number of nitrogens with zero attached hydrogens (tertiary/aromatic N) is 3. The van der Waals surface area contributed by atoms with E-state index < -0.39 is 17.0 Å². The topological polar surface area (TPSA) is 121 Å². The normalized spacial score (nSPS) is 18.0. The third kappa shape index (κ3) is 3.05. The van der Waals surface area contributed by atoms with Crippen molar-refractivity contribution in [3.63, 3.8) is 0 Å². The maximum absolute atomic E-state index is 13.1. The first-order valence-electron chi connectivity index (χ1n) is 9.62. The zero-order valence-electron chi connectivity index (χ0n) is 17.2. The molecule has 0 bridgehead atoms. The molecule has 1 aliphatic rings. The number of hydrogen-bond acceptors (Lipinski definition) is 5. The van der Waals surface area contributed by atoms with Gasteiger partial charge in [0, 0.05) is 28.6 Å². The molecule has 0 spiro atoms. The van der Waals surface area contributed by atoms with Crippen molar-refractivity contribution >= 4 is 28.2 Å². The molecule has 1 aliphatic heterocycles. The predicted octanol–water partition coefficient (Wildman–Crippen LogP) is 5.20. The highest BCUT2D eigenvalue weighted by Crippen LogP contribution is 2.49. The van der Waals surface area contributed by atoms with Crippen LogP contribution in [0.1, 0.15) is 49.3 Å². The smallest absolute Gasteiger partial charge is 0.335 e. The van der Waals surface area contributed by atoms with Gasteiger partial charge in [-0.3, -0.25) is 0 Å². The predicted molar refractivity (Wildman–Crippen MR) is 111 cm³/mol. The minimum Gasteiger partial charge on any atom is -0.506 e. The van der Waals surface area contributed by atoms with Crippen molar-refractivity contribution in [3.05, 3.63) is 53.2 Å². The lowest BCUT2D eigenvalue weighted by Gasteiger charge is -2.46. The minimum absolute atomic E-state index is 0.0479. The number of aromatic hydroxyl groups is 1. The van der Waals surface area contributed by atoms with Crippen LogP contribution in [0.3, 0.4) is 0 Å². The van der Waals surface area contributed by atoms with E-state index in [1.54, 1.807) is 24.3 Å². The summed E-state index contributed by atoms with van der Waals surface area (Å²) in [6.45, 7) is 7.55. The average molecular weight is 407 g/mol. The second-order valence-corrected chi connectivity index (χ2v) is 8.73. The average Bonchev–Trinajstić information content (AvgIpc) is 3.04. The number of rotatable bonds is 3. The quantitative estimate of drug-likeness (QED) is 0.516. The third-order valence-corrected chi connectivity index (χ3v) is 5.65. The second-order valence-electron chi connectivity index (χ2n) is 8.73. The highest BCUT2D eigenvalue weighted by molar-refractivity contribution is 5.98. The zero-order chi connectivity index (χ0) is 21.8. The lowest BCUT2D eigenvalue weighted by atomic mass is 9.79. The molecule has 0 amide bonds. The van der Waals surface area contributed by atoms with Crippen LogP contribution >= 0.6 is 0 Å². The molecule has 0 atom stereocenters. The zero-order valence-corrected chi connectivity index (χ0v) is 17.2. The highest BCUT2D eigenvalue weighted by atomic mass is 16.5. The molecule has 2 aromatic carbocycles. The van der Waals surface area contributed by atoms with E-state index in [0.717, 1.165) is 21.8 Å². The number of phenols is 1. The number of fused-ring (bicyclic) bond motifs is 3. The second kappa shape index (κ2) is 6.65. The van der Waals surface area contributed by atoms with Crippen molar-refractivity contribution in [2.75, 3.05) is 0 Å². The molecule has 3 N–H and O–H groups in total. The number of aromatic nitrogens is 1. The number of azo groups is 1. The Bertz CT molecular complexity index is 1180. The van der Waals surface area contributed by atoms with Gasteiger partial charge >= 0.3 is 5.97 Å². The Kier molecular flexibility index (Phi) is 4.44. The highest BCUT2D eigenvalue weighted by Gasteiger charge is 2.47. The van der Waals surface area contributed by atoms with Gasteiger partial charge < -0.3 is 15.2 Å². The van der Waals surface area contributed by atoms with E-state index in [2.05, 4.69) is 15.2 Å². The van der Waals surface area contributed by atoms with Crippen molar-refractivity contribution in [1.29, 1.82) is 0 Å². The molecular formula is C22H23N4O4. The summed E-state index contributed by atoms with van der Waals surface area (Å²) in [6, 6.07) is 9.28. The third-order valence-electron chi connectivity index (χ3n) is 5.65. The number of aromatic amines is 1. The molecule has 0 aliphatic carbocycles. The molecule has 155 valence electrons. The summed E-state index contributed by atoms with van der Waals surface area (Å²) in [5.41, 5.74) is 1.98. The van der Waals surface area contributed by atoms with Crippen molar-refractivity contribution in [3.8, 4) is 5.75 Å². The van der Waals surface area contributed by atoms with E-state index in [-0.39, 0.29) is 17.0 Å². The van der Waals surface area contributed by atoms with Crippen LogP contribution in [-0.2, 0) is 17.2 Å². The van der Waals surface area contributed by atoms with Crippen molar-refractivity contribution in [1.82, 2.24) is 10.0 Å². The Morgan fingerprint density at radius 1 is 1.07 bits per heavy atom. The molecule has 0 saturated heterocycles. The number of aromatic carboxylic acids is 1. The molecule has 3 aromatic rings.